The molecule has 30 heavy (non-hydrogen) atoms. The van der Waals surface area contributed by atoms with E-state index in [4.69, 9.17) is 4.74 Å². The normalized spacial score (nSPS) is 20.2. The Labute approximate surface area is 171 Å². The summed E-state index contributed by atoms with van der Waals surface area (Å²) in [4.78, 5) is 24.9. The first-order valence-electron chi connectivity index (χ1n) is 9.57. The molecule has 2 atom stereocenters. The van der Waals surface area contributed by atoms with Gasteiger partial charge in [0.2, 0.25) is 0 Å². The molecule has 0 aliphatic heterocycles. The van der Waals surface area contributed by atoms with Crippen LogP contribution in [0.4, 0.5) is 13.2 Å². The van der Waals surface area contributed by atoms with Gasteiger partial charge in [-0.2, -0.15) is 5.26 Å². The molecule has 0 aromatic heterocycles. The van der Waals surface area contributed by atoms with Crippen LogP contribution in [0.5, 0.6) is 5.75 Å². The lowest BCUT2D eigenvalue weighted by molar-refractivity contribution is -0.274. The number of rotatable bonds is 6. The molecule has 2 aliphatic rings. The third-order valence-corrected chi connectivity index (χ3v) is 5.31. The topological polar surface area (TPSA) is 88.4 Å². The fourth-order valence-corrected chi connectivity index (χ4v) is 3.83. The number of nitriles is 1. The molecular weight excluding hydrogens is 401 g/mol. The Kier molecular flexibility index (Phi) is 6.06. The summed E-state index contributed by atoms with van der Waals surface area (Å²) < 4.78 is 45.8. The van der Waals surface area contributed by atoms with E-state index in [9.17, 15) is 28.0 Å². The Hall–Kier alpha value is -3.02. The van der Waals surface area contributed by atoms with Gasteiger partial charge in [0.15, 0.2) is 5.54 Å². The van der Waals surface area contributed by atoms with Gasteiger partial charge in [-0.25, -0.2) is 0 Å². The van der Waals surface area contributed by atoms with Gasteiger partial charge in [-0.3, -0.25) is 9.59 Å². The van der Waals surface area contributed by atoms with Crippen molar-refractivity contribution in [1.82, 2.24) is 5.32 Å². The first-order valence-corrected chi connectivity index (χ1v) is 9.57. The number of nitrogens with one attached hydrogen (secondary N) is 1. The van der Waals surface area contributed by atoms with Gasteiger partial charge >= 0.3 is 12.3 Å². The maximum absolute atomic E-state index is 12.5. The first-order chi connectivity index (χ1) is 14.1. The maximum atomic E-state index is 12.5. The Balaban J connectivity index is 1.57. The van der Waals surface area contributed by atoms with Crippen molar-refractivity contribution in [3.63, 3.8) is 0 Å². The molecule has 9 heteroatoms. The van der Waals surface area contributed by atoms with Gasteiger partial charge in [0.05, 0.1) is 12.0 Å². The van der Waals surface area contributed by atoms with Gasteiger partial charge in [-0.05, 0) is 63.3 Å². The number of benzene rings is 1. The van der Waals surface area contributed by atoms with Crippen molar-refractivity contribution < 1.29 is 32.2 Å². The predicted octanol–water partition coefficient (Wildman–Crippen LogP) is 4.03. The summed E-state index contributed by atoms with van der Waals surface area (Å²) in [7, 11) is 0. The monoisotopic (exact) mass is 422 g/mol. The summed E-state index contributed by atoms with van der Waals surface area (Å²) >= 11 is 0. The van der Waals surface area contributed by atoms with Crippen LogP contribution < -0.4 is 10.1 Å². The van der Waals surface area contributed by atoms with Crippen molar-refractivity contribution >= 4 is 11.9 Å². The van der Waals surface area contributed by atoms with E-state index >= 15 is 0 Å². The molecule has 2 unspecified atom stereocenters. The third-order valence-electron chi connectivity index (χ3n) is 5.31. The smallest absolute Gasteiger partial charge is 0.462 e. The zero-order valence-electron chi connectivity index (χ0n) is 16.3. The van der Waals surface area contributed by atoms with Crippen molar-refractivity contribution in [2.45, 2.75) is 50.9 Å². The van der Waals surface area contributed by atoms with Crippen molar-refractivity contribution in [3.05, 3.63) is 41.0 Å². The van der Waals surface area contributed by atoms with E-state index < -0.39 is 29.5 Å². The number of hydrogen-bond acceptors (Lipinski definition) is 5. The number of alkyl halides is 3. The Bertz CT molecular complexity index is 902. The number of nitrogens with zero attached hydrogens (tertiary/aromatic N) is 1. The minimum Gasteiger partial charge on any atom is -0.462 e. The lowest BCUT2D eigenvalue weighted by atomic mass is 9.99. The standard InChI is InChI=1S/C21H21F3N2O4/c1-20(11-25,12-29-19(28)17-10-7-13-3-2-4-16(13)17)26-18(27)14-5-8-15(9-6-14)30-21(22,23)24/h5-6,8-9,17H,2-4,7,10,12H2,1H3,(H,26,27). The molecule has 6 nitrogen and oxygen atoms in total. The molecule has 0 fully saturated rings. The van der Waals surface area contributed by atoms with Gasteiger partial charge < -0.3 is 14.8 Å². The molecule has 0 radical (unpaired) electrons. The molecular formula is C21H21F3N2O4. The van der Waals surface area contributed by atoms with Crippen molar-refractivity contribution in [2.75, 3.05) is 6.61 Å². The zero-order valence-corrected chi connectivity index (χ0v) is 16.3. The second-order valence-corrected chi connectivity index (χ2v) is 7.65. The fourth-order valence-electron chi connectivity index (χ4n) is 3.83. The SMILES string of the molecule is CC(C#N)(COC(=O)C1CCC2=C1CCC2)NC(=O)c1ccc(OC(F)(F)F)cc1. The molecule has 1 N–H and O–H groups in total. The Morgan fingerprint density at radius 1 is 1.20 bits per heavy atom. The Morgan fingerprint density at radius 2 is 1.90 bits per heavy atom. The highest BCUT2D eigenvalue weighted by Crippen LogP contribution is 2.42. The second kappa shape index (κ2) is 8.38. The summed E-state index contributed by atoms with van der Waals surface area (Å²) in [6.45, 7) is 1.08. The minimum atomic E-state index is -4.83. The summed E-state index contributed by atoms with van der Waals surface area (Å²) in [5.74, 6) is -1.82. The fraction of sp³-hybridized carbons (Fsp3) is 0.476. The molecule has 0 saturated heterocycles. The largest absolute Gasteiger partial charge is 0.573 e. The summed E-state index contributed by atoms with van der Waals surface area (Å²) in [6.07, 6.45) is -0.247. The van der Waals surface area contributed by atoms with E-state index in [2.05, 4.69) is 10.1 Å². The van der Waals surface area contributed by atoms with Gasteiger partial charge in [0.25, 0.3) is 5.91 Å². The number of ether oxygens (including phenoxy) is 2. The van der Waals surface area contributed by atoms with Crippen LogP contribution in [-0.2, 0) is 9.53 Å². The van der Waals surface area contributed by atoms with E-state index in [1.54, 1.807) is 0 Å². The number of carbonyl (C=O) groups is 2. The van der Waals surface area contributed by atoms with E-state index in [1.807, 2.05) is 6.07 Å². The number of hydrogen-bond donors (Lipinski definition) is 1. The van der Waals surface area contributed by atoms with Crippen LogP contribution in [0.25, 0.3) is 0 Å². The molecule has 1 aromatic rings. The number of allylic oxidation sites excluding steroid dienone is 1. The van der Waals surface area contributed by atoms with Crippen LogP contribution in [-0.4, -0.2) is 30.4 Å². The number of amides is 1. The molecule has 2 aliphatic carbocycles. The van der Waals surface area contributed by atoms with E-state index in [0.717, 1.165) is 55.5 Å². The molecule has 160 valence electrons. The van der Waals surface area contributed by atoms with Crippen LogP contribution >= 0.6 is 0 Å². The number of esters is 1. The minimum absolute atomic E-state index is 0.0360. The molecule has 1 amide bonds. The van der Waals surface area contributed by atoms with Crippen molar-refractivity contribution in [3.8, 4) is 11.8 Å². The molecule has 0 spiro atoms. The van der Waals surface area contributed by atoms with Crippen LogP contribution in [0.15, 0.2) is 35.4 Å². The zero-order chi connectivity index (χ0) is 21.9. The van der Waals surface area contributed by atoms with Crippen molar-refractivity contribution in [2.24, 2.45) is 5.92 Å². The lowest BCUT2D eigenvalue weighted by Gasteiger charge is -2.24. The molecule has 1 aromatic carbocycles. The Morgan fingerprint density at radius 3 is 2.53 bits per heavy atom. The number of carbonyl (C=O) groups excluding carboxylic acids is 2. The van der Waals surface area contributed by atoms with E-state index in [0.29, 0.717) is 6.42 Å². The average Bonchev–Trinajstić information content (AvgIpc) is 3.29. The number of halogens is 3. The van der Waals surface area contributed by atoms with Crippen LogP contribution in [0.1, 0.15) is 49.4 Å². The summed E-state index contributed by atoms with van der Waals surface area (Å²) in [6, 6.07) is 6.21. The lowest BCUT2D eigenvalue weighted by Crippen LogP contribution is -2.49. The molecule has 0 bridgehead atoms. The van der Waals surface area contributed by atoms with Gasteiger partial charge in [0.1, 0.15) is 12.4 Å². The summed E-state index contributed by atoms with van der Waals surface area (Å²) in [5.41, 5.74) is 1.04. The summed E-state index contributed by atoms with van der Waals surface area (Å²) in [5, 5.41) is 11.9. The van der Waals surface area contributed by atoms with Gasteiger partial charge in [0, 0.05) is 5.56 Å². The van der Waals surface area contributed by atoms with Crippen LogP contribution in [0.3, 0.4) is 0 Å². The highest BCUT2D eigenvalue weighted by atomic mass is 19.4. The van der Waals surface area contributed by atoms with Crippen LogP contribution in [0.2, 0.25) is 0 Å². The van der Waals surface area contributed by atoms with Crippen LogP contribution in [0, 0.1) is 17.2 Å². The van der Waals surface area contributed by atoms with Gasteiger partial charge in [-0.1, -0.05) is 11.1 Å². The van der Waals surface area contributed by atoms with Gasteiger partial charge in [-0.15, -0.1) is 13.2 Å². The maximum Gasteiger partial charge on any atom is 0.573 e. The van der Waals surface area contributed by atoms with E-state index in [1.165, 1.54) is 12.5 Å². The second-order valence-electron chi connectivity index (χ2n) is 7.65. The molecule has 0 saturated carbocycles. The highest BCUT2D eigenvalue weighted by molar-refractivity contribution is 5.95. The molecule has 0 heterocycles. The average molecular weight is 422 g/mol. The third kappa shape index (κ3) is 5.12. The quantitative estimate of drug-likeness (QED) is 0.552. The van der Waals surface area contributed by atoms with Crippen molar-refractivity contribution in [1.29, 1.82) is 5.26 Å². The highest BCUT2D eigenvalue weighted by Gasteiger charge is 2.36. The predicted molar refractivity (Wildman–Crippen MR) is 99.2 cm³/mol. The first kappa shape index (κ1) is 21.7. The van der Waals surface area contributed by atoms with E-state index in [-0.39, 0.29) is 18.1 Å². The molecule has 3 rings (SSSR count).